The second-order valence-electron chi connectivity index (χ2n) is 7.36. The predicted molar refractivity (Wildman–Crippen MR) is 103 cm³/mol. The van der Waals surface area contributed by atoms with E-state index < -0.39 is 5.91 Å². The van der Waals surface area contributed by atoms with Crippen molar-refractivity contribution in [3.63, 3.8) is 0 Å². The van der Waals surface area contributed by atoms with E-state index >= 15 is 0 Å². The Morgan fingerprint density at radius 1 is 1.07 bits per heavy atom. The molecule has 1 heterocycles. The van der Waals surface area contributed by atoms with Gasteiger partial charge in [0.15, 0.2) is 17.3 Å². The van der Waals surface area contributed by atoms with E-state index in [9.17, 15) is 9.59 Å². The Morgan fingerprint density at radius 3 is 2.29 bits per heavy atom. The number of amides is 1. The van der Waals surface area contributed by atoms with Gasteiger partial charge in [-0.2, -0.15) is 0 Å². The summed E-state index contributed by atoms with van der Waals surface area (Å²) in [6, 6.07) is 3.09. The van der Waals surface area contributed by atoms with E-state index in [-0.39, 0.29) is 17.1 Å². The van der Waals surface area contributed by atoms with Crippen LogP contribution in [0.1, 0.15) is 46.7 Å². The molecule has 0 fully saturated rings. The molecule has 0 spiro atoms. The van der Waals surface area contributed by atoms with Crippen molar-refractivity contribution in [2.75, 3.05) is 26.6 Å². The molecule has 1 aromatic carbocycles. The third kappa shape index (κ3) is 3.76. The number of nitrogens with zero attached hydrogens (tertiary/aromatic N) is 2. The van der Waals surface area contributed by atoms with Gasteiger partial charge in [0.05, 0.1) is 32.6 Å². The lowest BCUT2D eigenvalue weighted by Crippen LogP contribution is -2.28. The molecule has 8 nitrogen and oxygen atoms in total. The van der Waals surface area contributed by atoms with E-state index in [1.54, 1.807) is 12.1 Å². The van der Waals surface area contributed by atoms with Gasteiger partial charge in [-0.15, -0.1) is 0 Å². The zero-order chi connectivity index (χ0) is 20.5. The van der Waals surface area contributed by atoms with Crippen molar-refractivity contribution in [2.45, 2.75) is 26.7 Å². The number of fused-ring (bicyclic) bond motifs is 1. The number of aromatic nitrogens is 2. The molecule has 0 bridgehead atoms. The molecule has 0 saturated carbocycles. The number of hydrogen-bond donors (Lipinski definition) is 1. The summed E-state index contributed by atoms with van der Waals surface area (Å²) in [7, 11) is 4.44. The molecule has 1 amide bonds. The molecule has 0 radical (unpaired) electrons. The maximum Gasteiger partial charge on any atom is 0.258 e. The number of hydrogen-bond acceptors (Lipinski definition) is 7. The highest BCUT2D eigenvalue weighted by Crippen LogP contribution is 2.38. The standard InChI is InChI=1S/C20H23N3O5/c1-20(2)8-13-12(14(24)9-20)10-21-19(22-13)23-18(25)11-6-15(26-3)17(28-5)16(7-11)27-4/h6-7,10H,8-9H2,1-5H3,(H,21,22,23,25). The SMILES string of the molecule is COc1cc(C(=O)Nc2ncc3c(n2)CC(C)(C)CC3=O)cc(OC)c1OC. The van der Waals surface area contributed by atoms with E-state index in [4.69, 9.17) is 14.2 Å². The fourth-order valence-electron chi connectivity index (χ4n) is 3.28. The van der Waals surface area contributed by atoms with Crippen molar-refractivity contribution in [2.24, 2.45) is 5.41 Å². The minimum atomic E-state index is -0.430. The lowest BCUT2D eigenvalue weighted by Gasteiger charge is -2.29. The molecule has 8 heteroatoms. The van der Waals surface area contributed by atoms with Crippen LogP contribution in [0.5, 0.6) is 17.2 Å². The van der Waals surface area contributed by atoms with Gasteiger partial charge in [-0.1, -0.05) is 13.8 Å². The summed E-state index contributed by atoms with van der Waals surface area (Å²) in [4.78, 5) is 33.5. The fraction of sp³-hybridized carbons (Fsp3) is 0.400. The Bertz CT molecular complexity index is 914. The van der Waals surface area contributed by atoms with Gasteiger partial charge in [0.2, 0.25) is 11.7 Å². The molecule has 1 N–H and O–H groups in total. The molecule has 1 aliphatic rings. The maximum absolute atomic E-state index is 12.7. The van der Waals surface area contributed by atoms with Crippen LogP contribution in [0.25, 0.3) is 0 Å². The lowest BCUT2D eigenvalue weighted by atomic mass is 9.76. The maximum atomic E-state index is 12.7. The van der Waals surface area contributed by atoms with Crippen LogP contribution in [0, 0.1) is 5.41 Å². The molecule has 0 saturated heterocycles. The minimum absolute atomic E-state index is 0.0220. The molecule has 148 valence electrons. The van der Waals surface area contributed by atoms with Crippen molar-refractivity contribution < 1.29 is 23.8 Å². The van der Waals surface area contributed by atoms with Gasteiger partial charge in [0.1, 0.15) is 0 Å². The number of carbonyl (C=O) groups excluding carboxylic acids is 2. The van der Waals surface area contributed by atoms with E-state index in [1.165, 1.54) is 27.5 Å². The third-order valence-electron chi connectivity index (χ3n) is 4.61. The number of nitrogens with one attached hydrogen (secondary N) is 1. The van der Waals surface area contributed by atoms with E-state index in [0.717, 1.165) is 0 Å². The van der Waals surface area contributed by atoms with Gasteiger partial charge in [-0.25, -0.2) is 9.97 Å². The first-order valence-corrected chi connectivity index (χ1v) is 8.78. The summed E-state index contributed by atoms with van der Waals surface area (Å²) < 4.78 is 15.8. The summed E-state index contributed by atoms with van der Waals surface area (Å²) in [5.41, 5.74) is 1.30. The second kappa shape index (κ2) is 7.46. The normalized spacial score (nSPS) is 14.8. The molecule has 0 unspecified atom stereocenters. The van der Waals surface area contributed by atoms with Gasteiger partial charge in [-0.05, 0) is 24.0 Å². The number of rotatable bonds is 5. The highest BCUT2D eigenvalue weighted by Gasteiger charge is 2.32. The number of benzene rings is 1. The van der Waals surface area contributed by atoms with Crippen molar-refractivity contribution in [3.05, 3.63) is 35.2 Å². The van der Waals surface area contributed by atoms with Gasteiger partial charge >= 0.3 is 0 Å². The molecule has 28 heavy (non-hydrogen) atoms. The Labute approximate surface area is 163 Å². The van der Waals surface area contributed by atoms with Gasteiger partial charge in [0, 0.05) is 18.2 Å². The summed E-state index contributed by atoms with van der Waals surface area (Å²) in [5.74, 6) is 0.862. The molecular weight excluding hydrogens is 362 g/mol. The van der Waals surface area contributed by atoms with Crippen LogP contribution in [0.3, 0.4) is 0 Å². The van der Waals surface area contributed by atoms with Crippen LogP contribution in [0.2, 0.25) is 0 Å². The first kappa shape index (κ1) is 19.6. The number of ketones is 1. The van der Waals surface area contributed by atoms with E-state index in [0.29, 0.717) is 46.9 Å². The highest BCUT2D eigenvalue weighted by atomic mass is 16.5. The zero-order valence-electron chi connectivity index (χ0n) is 16.6. The van der Waals surface area contributed by atoms with Crippen LogP contribution in [-0.4, -0.2) is 43.0 Å². The first-order valence-electron chi connectivity index (χ1n) is 8.78. The Hall–Kier alpha value is -3.16. The predicted octanol–water partition coefficient (Wildman–Crippen LogP) is 2.91. The van der Waals surface area contributed by atoms with Gasteiger partial charge in [-0.3, -0.25) is 14.9 Å². The van der Waals surface area contributed by atoms with Crippen LogP contribution in [-0.2, 0) is 6.42 Å². The average Bonchev–Trinajstić information content (AvgIpc) is 2.65. The Kier molecular flexibility index (Phi) is 5.22. The van der Waals surface area contributed by atoms with Crippen LogP contribution < -0.4 is 19.5 Å². The van der Waals surface area contributed by atoms with Crippen molar-refractivity contribution in [1.82, 2.24) is 9.97 Å². The monoisotopic (exact) mass is 385 g/mol. The molecular formula is C20H23N3O5. The number of anilines is 1. The van der Waals surface area contributed by atoms with Crippen LogP contribution in [0.15, 0.2) is 18.3 Å². The van der Waals surface area contributed by atoms with E-state index in [2.05, 4.69) is 15.3 Å². The summed E-state index contributed by atoms with van der Waals surface area (Å²) in [6.07, 6.45) is 2.58. The third-order valence-corrected chi connectivity index (χ3v) is 4.61. The molecule has 1 aromatic heterocycles. The van der Waals surface area contributed by atoms with Gasteiger partial charge < -0.3 is 14.2 Å². The smallest absolute Gasteiger partial charge is 0.258 e. The first-order chi connectivity index (χ1) is 13.3. The number of Topliss-reactive ketones (excluding diaryl/α,β-unsaturated/α-hetero) is 1. The summed E-state index contributed by atoms with van der Waals surface area (Å²) in [5, 5.41) is 2.67. The Morgan fingerprint density at radius 2 is 1.71 bits per heavy atom. The average molecular weight is 385 g/mol. The molecule has 3 rings (SSSR count). The van der Waals surface area contributed by atoms with Crippen molar-refractivity contribution >= 4 is 17.6 Å². The van der Waals surface area contributed by atoms with Crippen molar-refractivity contribution in [3.8, 4) is 17.2 Å². The Balaban J connectivity index is 1.89. The van der Waals surface area contributed by atoms with Gasteiger partial charge in [0.25, 0.3) is 5.91 Å². The van der Waals surface area contributed by atoms with Crippen molar-refractivity contribution in [1.29, 1.82) is 0 Å². The number of ether oxygens (including phenoxy) is 3. The number of carbonyl (C=O) groups is 2. The largest absolute Gasteiger partial charge is 0.493 e. The summed E-state index contributed by atoms with van der Waals surface area (Å²) in [6.45, 7) is 4.04. The minimum Gasteiger partial charge on any atom is -0.493 e. The molecule has 0 atom stereocenters. The fourth-order valence-corrected chi connectivity index (χ4v) is 3.28. The quantitative estimate of drug-likeness (QED) is 0.845. The summed E-state index contributed by atoms with van der Waals surface area (Å²) >= 11 is 0. The highest BCUT2D eigenvalue weighted by molar-refractivity contribution is 6.04. The van der Waals surface area contributed by atoms with Crippen LogP contribution >= 0.6 is 0 Å². The molecule has 1 aliphatic carbocycles. The topological polar surface area (TPSA) is 99.6 Å². The molecule has 0 aliphatic heterocycles. The second-order valence-corrected chi connectivity index (χ2v) is 7.36. The zero-order valence-corrected chi connectivity index (χ0v) is 16.6. The molecule has 2 aromatic rings. The van der Waals surface area contributed by atoms with E-state index in [1.807, 2.05) is 13.8 Å². The lowest BCUT2D eigenvalue weighted by molar-refractivity contribution is 0.0909. The van der Waals surface area contributed by atoms with Crippen LogP contribution in [0.4, 0.5) is 5.95 Å². The number of methoxy groups -OCH3 is 3.